The quantitative estimate of drug-likeness (QED) is 0.896. The minimum absolute atomic E-state index is 0.114. The van der Waals surface area contributed by atoms with Crippen molar-refractivity contribution in [3.8, 4) is 0 Å². The highest BCUT2D eigenvalue weighted by atomic mass is 16.3. The largest absolute Gasteiger partial charge is 0.394 e. The Labute approximate surface area is 129 Å². The highest BCUT2D eigenvalue weighted by Gasteiger charge is 2.28. The maximum atomic E-state index is 9.85. The van der Waals surface area contributed by atoms with Crippen molar-refractivity contribution in [3.63, 3.8) is 0 Å². The molecule has 1 aliphatic rings. The Balaban J connectivity index is 2.09. The van der Waals surface area contributed by atoms with Gasteiger partial charge in [-0.3, -0.25) is 9.80 Å². The summed E-state index contributed by atoms with van der Waals surface area (Å²) in [6, 6.07) is 9.22. The van der Waals surface area contributed by atoms with Crippen LogP contribution in [0.5, 0.6) is 0 Å². The summed E-state index contributed by atoms with van der Waals surface area (Å²) >= 11 is 0. The molecular formula is C17H29N3O. The Hall–Kier alpha value is -1.10. The van der Waals surface area contributed by atoms with Crippen LogP contribution in [0.3, 0.4) is 0 Å². The van der Waals surface area contributed by atoms with Gasteiger partial charge in [0.1, 0.15) is 0 Å². The zero-order valence-electron chi connectivity index (χ0n) is 13.8. The number of anilines is 1. The Kier molecular flexibility index (Phi) is 5.62. The van der Waals surface area contributed by atoms with Gasteiger partial charge in [-0.15, -0.1) is 0 Å². The van der Waals surface area contributed by atoms with E-state index in [4.69, 9.17) is 0 Å². The van der Waals surface area contributed by atoms with Crippen LogP contribution in [0.25, 0.3) is 0 Å². The molecule has 0 saturated carbocycles. The molecule has 0 radical (unpaired) electrons. The predicted molar refractivity (Wildman–Crippen MR) is 88.9 cm³/mol. The van der Waals surface area contributed by atoms with E-state index in [1.165, 1.54) is 11.3 Å². The number of hydrogen-bond donors (Lipinski definition) is 1. The Bertz CT molecular complexity index is 432. The van der Waals surface area contributed by atoms with E-state index >= 15 is 0 Å². The van der Waals surface area contributed by atoms with Crippen molar-refractivity contribution in [3.05, 3.63) is 29.8 Å². The van der Waals surface area contributed by atoms with E-state index in [0.29, 0.717) is 6.04 Å². The number of aliphatic hydroxyl groups is 1. The first-order valence-corrected chi connectivity index (χ1v) is 7.93. The third-order valence-electron chi connectivity index (χ3n) is 4.61. The fourth-order valence-corrected chi connectivity index (χ4v) is 3.20. The maximum absolute atomic E-state index is 9.85. The Morgan fingerprint density at radius 3 is 2.38 bits per heavy atom. The van der Waals surface area contributed by atoms with Gasteiger partial charge in [-0.25, -0.2) is 0 Å². The number of benzene rings is 1. The summed E-state index contributed by atoms with van der Waals surface area (Å²) in [6.45, 7) is 8.92. The molecule has 1 aliphatic heterocycles. The molecule has 0 spiro atoms. The normalized spacial score (nSPS) is 22.2. The van der Waals surface area contributed by atoms with Gasteiger partial charge in [-0.05, 0) is 31.2 Å². The van der Waals surface area contributed by atoms with E-state index in [0.717, 1.165) is 26.2 Å². The van der Waals surface area contributed by atoms with E-state index in [-0.39, 0.29) is 12.6 Å². The number of likely N-dealkylation sites (N-methyl/N-ethyl adjacent to an activating group) is 1. The summed E-state index contributed by atoms with van der Waals surface area (Å²) in [4.78, 5) is 7.02. The predicted octanol–water partition coefficient (Wildman–Crippen LogP) is 1.81. The van der Waals surface area contributed by atoms with E-state index in [9.17, 15) is 5.11 Å². The SMILES string of the molecule is CCN1CCN(C(CO)c2ccc(N(C)C)cc2)CC1C. The molecule has 2 unspecified atom stereocenters. The van der Waals surface area contributed by atoms with Gasteiger partial charge >= 0.3 is 0 Å². The van der Waals surface area contributed by atoms with Gasteiger partial charge in [0.25, 0.3) is 0 Å². The molecule has 4 nitrogen and oxygen atoms in total. The summed E-state index contributed by atoms with van der Waals surface area (Å²) in [6.07, 6.45) is 0. The first-order chi connectivity index (χ1) is 10.1. The lowest BCUT2D eigenvalue weighted by Gasteiger charge is -2.42. The van der Waals surface area contributed by atoms with Crippen LogP contribution in [0.1, 0.15) is 25.5 Å². The summed E-state index contributed by atoms with van der Waals surface area (Å²) in [5, 5.41) is 9.85. The molecule has 0 aliphatic carbocycles. The molecule has 2 atom stereocenters. The third kappa shape index (κ3) is 3.76. The lowest BCUT2D eigenvalue weighted by molar-refractivity contribution is 0.0367. The molecule has 118 valence electrons. The summed E-state index contributed by atoms with van der Waals surface area (Å²) < 4.78 is 0. The second-order valence-electron chi connectivity index (χ2n) is 6.16. The van der Waals surface area contributed by atoms with E-state index in [1.807, 2.05) is 14.1 Å². The first-order valence-electron chi connectivity index (χ1n) is 7.93. The van der Waals surface area contributed by atoms with Crippen molar-refractivity contribution in [2.24, 2.45) is 0 Å². The Morgan fingerprint density at radius 2 is 1.90 bits per heavy atom. The van der Waals surface area contributed by atoms with Crippen LogP contribution < -0.4 is 4.90 Å². The number of aliphatic hydroxyl groups excluding tert-OH is 1. The summed E-state index contributed by atoms with van der Waals surface area (Å²) in [5.74, 6) is 0. The third-order valence-corrected chi connectivity index (χ3v) is 4.61. The number of rotatable bonds is 5. The van der Waals surface area contributed by atoms with Crippen LogP contribution in [0.4, 0.5) is 5.69 Å². The zero-order valence-corrected chi connectivity index (χ0v) is 13.8. The van der Waals surface area contributed by atoms with Crippen molar-refractivity contribution in [1.29, 1.82) is 0 Å². The maximum Gasteiger partial charge on any atom is 0.0628 e. The standard InChI is InChI=1S/C17H29N3O/c1-5-19-10-11-20(12-14(19)2)17(13-21)15-6-8-16(9-7-15)18(3)4/h6-9,14,17,21H,5,10-13H2,1-4H3. The van der Waals surface area contributed by atoms with E-state index < -0.39 is 0 Å². The van der Waals surface area contributed by atoms with Crippen molar-refractivity contribution in [2.45, 2.75) is 25.9 Å². The minimum atomic E-state index is 0.114. The second-order valence-corrected chi connectivity index (χ2v) is 6.16. The minimum Gasteiger partial charge on any atom is -0.394 e. The van der Waals surface area contributed by atoms with Gasteiger partial charge in [-0.2, -0.15) is 0 Å². The van der Waals surface area contributed by atoms with E-state index in [1.54, 1.807) is 0 Å². The van der Waals surface area contributed by atoms with Crippen molar-refractivity contribution in [1.82, 2.24) is 9.80 Å². The lowest BCUT2D eigenvalue weighted by atomic mass is 10.0. The van der Waals surface area contributed by atoms with Crippen molar-refractivity contribution >= 4 is 5.69 Å². The summed E-state index contributed by atoms with van der Waals surface area (Å²) in [7, 11) is 4.09. The number of piperazine rings is 1. The molecule has 1 fully saturated rings. The molecule has 0 aromatic heterocycles. The van der Waals surface area contributed by atoms with Crippen LogP contribution in [0.15, 0.2) is 24.3 Å². The van der Waals surface area contributed by atoms with Crippen molar-refractivity contribution < 1.29 is 5.11 Å². The first kappa shape index (κ1) is 16.3. The molecule has 1 N–H and O–H groups in total. The molecule has 0 bridgehead atoms. The lowest BCUT2D eigenvalue weighted by Crippen LogP contribution is -2.53. The van der Waals surface area contributed by atoms with Gasteiger partial charge in [0.15, 0.2) is 0 Å². The molecule has 1 saturated heterocycles. The molecule has 2 rings (SSSR count). The fraction of sp³-hybridized carbons (Fsp3) is 0.647. The fourth-order valence-electron chi connectivity index (χ4n) is 3.20. The van der Waals surface area contributed by atoms with Crippen LogP contribution in [0, 0.1) is 0 Å². The molecule has 0 amide bonds. The van der Waals surface area contributed by atoms with Crippen LogP contribution in [-0.4, -0.2) is 67.8 Å². The highest BCUT2D eigenvalue weighted by molar-refractivity contribution is 5.46. The average Bonchev–Trinajstić information content (AvgIpc) is 2.49. The van der Waals surface area contributed by atoms with Gasteiger partial charge in [0, 0.05) is 45.5 Å². The van der Waals surface area contributed by atoms with Gasteiger partial charge in [0.2, 0.25) is 0 Å². The topological polar surface area (TPSA) is 30.0 Å². The molecule has 1 heterocycles. The smallest absolute Gasteiger partial charge is 0.0628 e. The van der Waals surface area contributed by atoms with Crippen LogP contribution in [0.2, 0.25) is 0 Å². The second kappa shape index (κ2) is 7.25. The number of nitrogens with zero attached hydrogens (tertiary/aromatic N) is 3. The Morgan fingerprint density at radius 1 is 1.24 bits per heavy atom. The number of hydrogen-bond acceptors (Lipinski definition) is 4. The van der Waals surface area contributed by atoms with E-state index in [2.05, 4.69) is 52.8 Å². The molecule has 4 heteroatoms. The molecule has 1 aromatic carbocycles. The van der Waals surface area contributed by atoms with Gasteiger partial charge < -0.3 is 10.0 Å². The van der Waals surface area contributed by atoms with Gasteiger partial charge in [0.05, 0.1) is 12.6 Å². The zero-order chi connectivity index (χ0) is 15.4. The van der Waals surface area contributed by atoms with Crippen LogP contribution in [-0.2, 0) is 0 Å². The summed E-state index contributed by atoms with van der Waals surface area (Å²) in [5.41, 5.74) is 2.40. The highest BCUT2D eigenvalue weighted by Crippen LogP contribution is 2.25. The van der Waals surface area contributed by atoms with Crippen molar-refractivity contribution in [2.75, 3.05) is 51.8 Å². The molecular weight excluding hydrogens is 262 g/mol. The average molecular weight is 291 g/mol. The van der Waals surface area contributed by atoms with Crippen LogP contribution >= 0.6 is 0 Å². The van der Waals surface area contributed by atoms with Gasteiger partial charge in [-0.1, -0.05) is 19.1 Å². The molecule has 1 aromatic rings. The monoisotopic (exact) mass is 291 g/mol. The molecule has 21 heavy (non-hydrogen) atoms.